The lowest BCUT2D eigenvalue weighted by molar-refractivity contribution is -0.0212. The van der Waals surface area contributed by atoms with Crippen molar-refractivity contribution in [2.45, 2.75) is 44.9 Å². The van der Waals surface area contributed by atoms with Crippen molar-refractivity contribution in [3.63, 3.8) is 0 Å². The number of aromatic nitrogens is 1. The second kappa shape index (κ2) is 4.39. The average Bonchev–Trinajstić information content (AvgIpc) is 2.85. The Hall–Kier alpha value is -0.800. The lowest BCUT2D eigenvalue weighted by Gasteiger charge is -2.19. The normalized spacial score (nSPS) is 22.7. The van der Waals surface area contributed by atoms with Crippen LogP contribution in [-0.4, -0.2) is 16.3 Å². The molecule has 1 aliphatic heterocycles. The molecule has 3 heteroatoms. The maximum Gasteiger partial charge on any atom is 0.0762 e. The van der Waals surface area contributed by atoms with E-state index in [4.69, 9.17) is 4.74 Å². The Labute approximate surface area is 116 Å². The minimum absolute atomic E-state index is 0.0498. The maximum atomic E-state index is 6.07. The molecule has 18 heavy (non-hydrogen) atoms. The lowest BCUT2D eigenvalue weighted by Crippen LogP contribution is -2.22. The molecule has 1 fully saturated rings. The van der Waals surface area contributed by atoms with E-state index in [0.29, 0.717) is 6.10 Å². The molecule has 1 aromatic carbocycles. The van der Waals surface area contributed by atoms with Gasteiger partial charge in [0.25, 0.3) is 0 Å². The number of halogens is 1. The van der Waals surface area contributed by atoms with Gasteiger partial charge in [-0.3, -0.25) is 0 Å². The van der Waals surface area contributed by atoms with Crippen LogP contribution in [0.25, 0.3) is 10.9 Å². The molecule has 0 saturated carbocycles. The van der Waals surface area contributed by atoms with Crippen molar-refractivity contribution in [2.24, 2.45) is 0 Å². The number of fused-ring (bicyclic) bond motifs is 1. The highest BCUT2D eigenvalue weighted by atomic mass is 79.9. The van der Waals surface area contributed by atoms with Crippen molar-refractivity contribution in [2.75, 3.05) is 0 Å². The summed E-state index contributed by atoms with van der Waals surface area (Å²) in [4.78, 5) is 0. The van der Waals surface area contributed by atoms with Crippen LogP contribution in [0.2, 0.25) is 0 Å². The first-order chi connectivity index (χ1) is 8.55. The van der Waals surface area contributed by atoms with Crippen molar-refractivity contribution in [3.05, 3.63) is 34.9 Å². The largest absolute Gasteiger partial charge is 0.370 e. The van der Waals surface area contributed by atoms with Crippen LogP contribution in [0.3, 0.4) is 0 Å². The fourth-order valence-electron chi connectivity index (χ4n) is 2.77. The van der Waals surface area contributed by atoms with Crippen LogP contribution in [0, 0.1) is 0 Å². The second-order valence-corrected chi connectivity index (χ2v) is 6.53. The molecule has 1 aliphatic rings. The van der Waals surface area contributed by atoms with Gasteiger partial charge < -0.3 is 9.30 Å². The number of hydrogen-bond acceptors (Lipinski definition) is 1. The third-order valence-corrected chi connectivity index (χ3v) is 4.41. The molecule has 96 valence electrons. The molecule has 2 heterocycles. The zero-order chi connectivity index (χ0) is 12.8. The minimum Gasteiger partial charge on any atom is -0.370 e. The molecule has 0 radical (unpaired) electrons. The zero-order valence-electron chi connectivity index (χ0n) is 10.8. The van der Waals surface area contributed by atoms with E-state index < -0.39 is 0 Å². The van der Waals surface area contributed by atoms with Crippen LogP contribution in [-0.2, 0) is 11.3 Å². The van der Waals surface area contributed by atoms with E-state index in [1.165, 1.54) is 10.9 Å². The van der Waals surface area contributed by atoms with Crippen molar-refractivity contribution < 1.29 is 4.74 Å². The Morgan fingerprint density at radius 2 is 2.22 bits per heavy atom. The number of nitrogens with zero attached hydrogens (tertiary/aromatic N) is 1. The van der Waals surface area contributed by atoms with Gasteiger partial charge >= 0.3 is 0 Å². The molecule has 3 rings (SSSR count). The molecule has 1 saturated heterocycles. The summed E-state index contributed by atoms with van der Waals surface area (Å²) in [5.41, 5.74) is 1.33. The third-order valence-electron chi connectivity index (χ3n) is 3.71. The van der Waals surface area contributed by atoms with Gasteiger partial charge in [-0.05, 0) is 44.9 Å². The average molecular weight is 308 g/mol. The highest BCUT2D eigenvalue weighted by Crippen LogP contribution is 2.31. The molecule has 2 aromatic rings. The standard InChI is InChI=1S/C15H18BrNO/c1-15(2)8-6-11(18-15)10-17-9-7-12-13(16)4-3-5-14(12)17/h3-5,7,9,11H,6,8,10H2,1-2H3/t11-/m0/s1. The van der Waals surface area contributed by atoms with Crippen LogP contribution in [0.15, 0.2) is 34.9 Å². The smallest absolute Gasteiger partial charge is 0.0762 e. The molecule has 1 aromatic heterocycles. The maximum absolute atomic E-state index is 6.07. The van der Waals surface area contributed by atoms with Gasteiger partial charge in [0.05, 0.1) is 11.7 Å². The summed E-state index contributed by atoms with van der Waals surface area (Å²) in [6.45, 7) is 5.30. The van der Waals surface area contributed by atoms with Gasteiger partial charge in [-0.2, -0.15) is 0 Å². The number of benzene rings is 1. The molecule has 0 aliphatic carbocycles. The van der Waals surface area contributed by atoms with Gasteiger partial charge in [0.1, 0.15) is 0 Å². The van der Waals surface area contributed by atoms with Gasteiger partial charge in [-0.25, -0.2) is 0 Å². The van der Waals surface area contributed by atoms with E-state index in [1.807, 2.05) is 0 Å². The highest BCUT2D eigenvalue weighted by molar-refractivity contribution is 9.10. The number of rotatable bonds is 2. The summed E-state index contributed by atoms with van der Waals surface area (Å²) < 4.78 is 9.53. The van der Waals surface area contributed by atoms with Gasteiger partial charge in [-0.15, -0.1) is 0 Å². The molecule has 0 amide bonds. The van der Waals surface area contributed by atoms with E-state index in [0.717, 1.165) is 23.9 Å². The van der Waals surface area contributed by atoms with Gasteiger partial charge in [0, 0.05) is 28.1 Å². The molecular formula is C15H18BrNO. The SMILES string of the molecule is CC1(C)CC[C@@H](Cn2ccc3c(Br)cccc32)O1. The van der Waals surface area contributed by atoms with Crippen molar-refractivity contribution >= 4 is 26.8 Å². The Morgan fingerprint density at radius 1 is 1.39 bits per heavy atom. The van der Waals surface area contributed by atoms with Gasteiger partial charge in [0.2, 0.25) is 0 Å². The molecule has 0 spiro atoms. The van der Waals surface area contributed by atoms with Crippen molar-refractivity contribution in [3.8, 4) is 0 Å². The predicted molar refractivity (Wildman–Crippen MR) is 77.8 cm³/mol. The summed E-state index contributed by atoms with van der Waals surface area (Å²) >= 11 is 3.60. The summed E-state index contributed by atoms with van der Waals surface area (Å²) in [5, 5.41) is 1.27. The lowest BCUT2D eigenvalue weighted by atomic mass is 10.1. The van der Waals surface area contributed by atoms with Crippen LogP contribution >= 0.6 is 15.9 Å². The summed E-state index contributed by atoms with van der Waals surface area (Å²) in [7, 11) is 0. The Morgan fingerprint density at radius 3 is 2.94 bits per heavy atom. The van der Waals surface area contributed by atoms with E-state index >= 15 is 0 Å². The quantitative estimate of drug-likeness (QED) is 0.804. The fourth-order valence-corrected chi connectivity index (χ4v) is 3.26. The van der Waals surface area contributed by atoms with Gasteiger partial charge in [-0.1, -0.05) is 22.0 Å². The first kappa shape index (κ1) is 12.2. The van der Waals surface area contributed by atoms with Crippen LogP contribution in [0.5, 0.6) is 0 Å². The Bertz CT molecular complexity index is 573. The summed E-state index contributed by atoms with van der Waals surface area (Å²) in [6, 6.07) is 8.50. The molecule has 0 bridgehead atoms. The minimum atomic E-state index is 0.0498. The molecule has 2 nitrogen and oxygen atoms in total. The Balaban J connectivity index is 1.86. The van der Waals surface area contributed by atoms with Crippen molar-refractivity contribution in [1.82, 2.24) is 4.57 Å². The van der Waals surface area contributed by atoms with Crippen molar-refractivity contribution in [1.29, 1.82) is 0 Å². The van der Waals surface area contributed by atoms with E-state index in [2.05, 4.69) is 64.8 Å². The van der Waals surface area contributed by atoms with Crippen LogP contribution in [0.4, 0.5) is 0 Å². The first-order valence-corrected chi connectivity index (χ1v) is 7.26. The zero-order valence-corrected chi connectivity index (χ0v) is 12.4. The molecular weight excluding hydrogens is 290 g/mol. The third kappa shape index (κ3) is 2.21. The highest BCUT2D eigenvalue weighted by Gasteiger charge is 2.31. The monoisotopic (exact) mass is 307 g/mol. The predicted octanol–water partition coefficient (Wildman–Crippen LogP) is 4.36. The molecule has 0 N–H and O–H groups in total. The first-order valence-electron chi connectivity index (χ1n) is 6.46. The van der Waals surface area contributed by atoms with E-state index in [1.54, 1.807) is 0 Å². The summed E-state index contributed by atoms with van der Waals surface area (Å²) in [6.07, 6.45) is 4.81. The van der Waals surface area contributed by atoms with Crippen LogP contribution in [0.1, 0.15) is 26.7 Å². The van der Waals surface area contributed by atoms with E-state index in [-0.39, 0.29) is 5.60 Å². The second-order valence-electron chi connectivity index (χ2n) is 5.68. The molecule has 0 unspecified atom stereocenters. The fraction of sp³-hybridized carbons (Fsp3) is 0.467. The summed E-state index contributed by atoms with van der Waals surface area (Å²) in [5.74, 6) is 0. The van der Waals surface area contributed by atoms with Gasteiger partial charge in [0.15, 0.2) is 0 Å². The number of ether oxygens (including phenoxy) is 1. The molecule has 1 atom stereocenters. The number of hydrogen-bond donors (Lipinski definition) is 0. The Kier molecular flexibility index (Phi) is 2.99. The van der Waals surface area contributed by atoms with E-state index in [9.17, 15) is 0 Å². The van der Waals surface area contributed by atoms with Crippen LogP contribution < -0.4 is 0 Å². The topological polar surface area (TPSA) is 14.2 Å².